The predicted octanol–water partition coefficient (Wildman–Crippen LogP) is 5.94. The van der Waals surface area contributed by atoms with Gasteiger partial charge >= 0.3 is 5.97 Å². The van der Waals surface area contributed by atoms with Crippen LogP contribution in [0.15, 0.2) is 54.6 Å². The highest BCUT2D eigenvalue weighted by atomic mass is 32.2. The number of hydrogen-bond donors (Lipinski definition) is 2. The fourth-order valence-corrected chi connectivity index (χ4v) is 6.48. The first-order valence-electron chi connectivity index (χ1n) is 15.0. The molecule has 8 nitrogen and oxygen atoms in total. The summed E-state index contributed by atoms with van der Waals surface area (Å²) in [4.78, 5) is 28.5. The maximum absolute atomic E-state index is 14.2. The molecule has 2 aliphatic heterocycles. The second-order valence-electron chi connectivity index (χ2n) is 11.0. The molecule has 0 aromatic heterocycles. The molecule has 3 atom stereocenters. The predicted molar refractivity (Wildman–Crippen MR) is 170 cm³/mol. The number of carboxylic acid groups (broad SMARTS) is 1. The number of anilines is 1. The summed E-state index contributed by atoms with van der Waals surface area (Å²) in [6.07, 6.45) is 3.14. The van der Waals surface area contributed by atoms with E-state index in [0.717, 1.165) is 28.0 Å². The van der Waals surface area contributed by atoms with Gasteiger partial charge in [0.2, 0.25) is 5.91 Å². The highest BCUT2D eigenvalue weighted by Gasteiger charge is 2.48. The molecular formula is C34H39FN2O6S. The molecule has 0 aliphatic carbocycles. The lowest BCUT2D eigenvalue weighted by atomic mass is 9.82. The van der Waals surface area contributed by atoms with Crippen molar-refractivity contribution in [2.24, 2.45) is 5.92 Å². The van der Waals surface area contributed by atoms with Crippen LogP contribution in [0.4, 0.5) is 10.1 Å². The molecule has 3 aromatic carbocycles. The zero-order valence-electron chi connectivity index (χ0n) is 25.3. The van der Waals surface area contributed by atoms with Gasteiger partial charge in [-0.2, -0.15) is 11.8 Å². The Morgan fingerprint density at radius 2 is 1.66 bits per heavy atom. The summed E-state index contributed by atoms with van der Waals surface area (Å²) in [5, 5.41) is 13.6. The Kier molecular flexibility index (Phi) is 10.3. The van der Waals surface area contributed by atoms with E-state index in [1.54, 1.807) is 11.8 Å². The van der Waals surface area contributed by atoms with Gasteiger partial charge in [-0.25, -0.2) is 4.39 Å². The first kappa shape index (κ1) is 31.7. The lowest BCUT2D eigenvalue weighted by Gasteiger charge is -2.27. The molecule has 10 heteroatoms. The number of nitrogens with zero attached hydrogens (tertiary/aromatic N) is 1. The molecule has 1 amide bonds. The fraction of sp³-hybridized carbons (Fsp3) is 0.412. The molecular weight excluding hydrogens is 583 g/mol. The minimum Gasteiger partial charge on any atom is -0.493 e. The van der Waals surface area contributed by atoms with Gasteiger partial charge in [0, 0.05) is 29.9 Å². The van der Waals surface area contributed by atoms with Crippen LogP contribution in [0.2, 0.25) is 0 Å². The Balaban J connectivity index is 1.47. The molecule has 0 bridgehead atoms. The van der Waals surface area contributed by atoms with Crippen LogP contribution >= 0.6 is 11.8 Å². The monoisotopic (exact) mass is 622 g/mol. The number of likely N-dealkylation sites (tertiary alicyclic amines) is 1. The van der Waals surface area contributed by atoms with E-state index in [9.17, 15) is 19.1 Å². The highest BCUT2D eigenvalue weighted by molar-refractivity contribution is 7.98. The van der Waals surface area contributed by atoms with Gasteiger partial charge in [0.25, 0.3) is 0 Å². The first-order valence-corrected chi connectivity index (χ1v) is 16.4. The SMILES string of the molecule is CCc1cc(F)cc(CC)c1NC(=O)CN1C[C@H](c2ccc3c(c2)OCCO3)C(C(=O)O)[C@@H]1c1ccc(OCCSC)cc1. The number of ether oxygens (including phenoxy) is 3. The topological polar surface area (TPSA) is 97.3 Å². The maximum atomic E-state index is 14.2. The average molecular weight is 623 g/mol. The smallest absolute Gasteiger partial charge is 0.309 e. The van der Waals surface area contributed by atoms with Crippen LogP contribution in [0.5, 0.6) is 17.2 Å². The zero-order chi connectivity index (χ0) is 31.2. The van der Waals surface area contributed by atoms with Crippen molar-refractivity contribution in [3.05, 3.63) is 82.7 Å². The standard InChI is InChI=1S/C34H39FN2O6S/c1-4-21-16-25(35)17-22(5-2)32(21)36-30(38)20-37-19-27(24-8-11-28-29(18-24)43-13-12-42-28)31(34(39)40)33(37)23-6-9-26(10-7-23)41-14-15-44-3/h6-11,16-18,27,31,33H,4-5,12-15,19-20H2,1-3H3,(H,36,38)(H,39,40)/t27-,31?,33+/m1/s1. The molecule has 44 heavy (non-hydrogen) atoms. The number of amides is 1. The number of nitrogens with one attached hydrogen (secondary N) is 1. The third-order valence-corrected chi connectivity index (χ3v) is 8.87. The zero-order valence-corrected chi connectivity index (χ0v) is 26.1. The number of hydrogen-bond acceptors (Lipinski definition) is 7. The molecule has 0 spiro atoms. The van der Waals surface area contributed by atoms with E-state index in [1.165, 1.54) is 12.1 Å². The van der Waals surface area contributed by atoms with E-state index in [4.69, 9.17) is 14.2 Å². The molecule has 0 saturated carbocycles. The molecule has 0 radical (unpaired) electrons. The minimum absolute atomic E-state index is 0.0365. The van der Waals surface area contributed by atoms with Crippen molar-refractivity contribution in [1.82, 2.24) is 4.90 Å². The van der Waals surface area contributed by atoms with E-state index >= 15 is 0 Å². The number of aryl methyl sites for hydroxylation is 2. The molecule has 1 unspecified atom stereocenters. The minimum atomic E-state index is -0.946. The van der Waals surface area contributed by atoms with Crippen LogP contribution in [0, 0.1) is 11.7 Å². The largest absolute Gasteiger partial charge is 0.493 e. The third-order valence-electron chi connectivity index (χ3n) is 8.29. The van der Waals surface area contributed by atoms with Crippen LogP contribution in [-0.2, 0) is 22.4 Å². The van der Waals surface area contributed by atoms with E-state index in [0.29, 0.717) is 62.1 Å². The first-order chi connectivity index (χ1) is 21.3. The van der Waals surface area contributed by atoms with Gasteiger partial charge in [0.1, 0.15) is 24.8 Å². The summed E-state index contributed by atoms with van der Waals surface area (Å²) in [6.45, 7) is 5.60. The molecule has 1 fully saturated rings. The van der Waals surface area contributed by atoms with Crippen LogP contribution in [0.1, 0.15) is 48.1 Å². The van der Waals surface area contributed by atoms with Gasteiger partial charge in [0.05, 0.1) is 19.1 Å². The lowest BCUT2D eigenvalue weighted by molar-refractivity contribution is -0.143. The molecule has 234 valence electrons. The Morgan fingerprint density at radius 3 is 2.30 bits per heavy atom. The number of benzene rings is 3. The number of carbonyl (C=O) groups is 2. The summed E-state index contributed by atoms with van der Waals surface area (Å²) in [5.41, 5.74) is 3.67. The van der Waals surface area contributed by atoms with Crippen molar-refractivity contribution < 1.29 is 33.3 Å². The number of carboxylic acids is 1. The van der Waals surface area contributed by atoms with E-state index in [-0.39, 0.29) is 18.3 Å². The fourth-order valence-electron chi connectivity index (χ4n) is 6.23. The third kappa shape index (κ3) is 6.97. The normalized spacial score (nSPS) is 19.5. The number of carbonyl (C=O) groups excluding carboxylic acids is 1. The van der Waals surface area contributed by atoms with Crippen molar-refractivity contribution in [2.45, 2.75) is 38.6 Å². The van der Waals surface area contributed by atoms with Gasteiger partial charge in [-0.05, 0) is 77.7 Å². The number of aliphatic carboxylic acids is 1. The van der Waals surface area contributed by atoms with Gasteiger partial charge < -0.3 is 24.6 Å². The summed E-state index contributed by atoms with van der Waals surface area (Å²) in [7, 11) is 0. The summed E-state index contributed by atoms with van der Waals surface area (Å²) >= 11 is 1.70. The van der Waals surface area contributed by atoms with E-state index in [2.05, 4.69) is 5.32 Å². The average Bonchev–Trinajstić information content (AvgIpc) is 3.41. The Morgan fingerprint density at radius 1 is 1.00 bits per heavy atom. The summed E-state index contributed by atoms with van der Waals surface area (Å²) < 4.78 is 31.5. The van der Waals surface area contributed by atoms with E-state index < -0.39 is 23.8 Å². The van der Waals surface area contributed by atoms with Crippen LogP contribution in [-0.4, -0.2) is 66.8 Å². The van der Waals surface area contributed by atoms with Gasteiger partial charge in [-0.15, -0.1) is 0 Å². The Bertz CT molecular complexity index is 1460. The summed E-state index contributed by atoms with van der Waals surface area (Å²) in [6, 6.07) is 15.4. The number of halogens is 1. The molecule has 5 rings (SSSR count). The number of thioether (sulfide) groups is 1. The number of rotatable bonds is 12. The maximum Gasteiger partial charge on any atom is 0.309 e. The van der Waals surface area contributed by atoms with E-state index in [1.807, 2.05) is 67.5 Å². The van der Waals surface area contributed by atoms with Crippen molar-refractivity contribution >= 4 is 29.3 Å². The Hall–Kier alpha value is -3.76. The lowest BCUT2D eigenvalue weighted by Crippen LogP contribution is -2.35. The molecule has 2 N–H and O–H groups in total. The van der Waals surface area contributed by atoms with Gasteiger partial charge in [-0.1, -0.05) is 32.0 Å². The van der Waals surface area contributed by atoms with Gasteiger partial charge in [-0.3, -0.25) is 14.5 Å². The molecule has 2 aliphatic rings. The van der Waals surface area contributed by atoms with Crippen molar-refractivity contribution in [3.8, 4) is 17.2 Å². The van der Waals surface area contributed by atoms with Crippen LogP contribution in [0.3, 0.4) is 0 Å². The quantitative estimate of drug-likeness (QED) is 0.240. The van der Waals surface area contributed by atoms with Gasteiger partial charge in [0.15, 0.2) is 11.5 Å². The van der Waals surface area contributed by atoms with Crippen LogP contribution < -0.4 is 19.5 Å². The second-order valence-corrected chi connectivity index (χ2v) is 12.0. The van der Waals surface area contributed by atoms with Crippen molar-refractivity contribution in [3.63, 3.8) is 0 Å². The molecule has 2 heterocycles. The molecule has 1 saturated heterocycles. The van der Waals surface area contributed by atoms with Crippen LogP contribution in [0.25, 0.3) is 0 Å². The highest BCUT2D eigenvalue weighted by Crippen LogP contribution is 2.47. The number of fused-ring (bicyclic) bond motifs is 1. The summed E-state index contributed by atoms with van der Waals surface area (Å²) in [5.74, 6) is -0.0223. The second kappa shape index (κ2) is 14.3. The van der Waals surface area contributed by atoms with Crippen molar-refractivity contribution in [1.29, 1.82) is 0 Å². The van der Waals surface area contributed by atoms with Crippen molar-refractivity contribution in [2.75, 3.05) is 50.2 Å². The molecule has 3 aromatic rings. The Labute approximate surface area is 261 Å².